The number of aryl methyl sites for hydroxylation is 1. The third kappa shape index (κ3) is 3.39. The van der Waals surface area contributed by atoms with Crippen LogP contribution in [-0.2, 0) is 16.4 Å². The first-order valence-electron chi connectivity index (χ1n) is 10.6. The maximum atomic E-state index is 13.6. The first kappa shape index (κ1) is 21.7. The van der Waals surface area contributed by atoms with E-state index in [2.05, 4.69) is 4.98 Å². The maximum absolute atomic E-state index is 13.6. The predicted molar refractivity (Wildman–Crippen MR) is 128 cm³/mol. The number of nitrogens with one attached hydrogen (secondary N) is 1. The molecule has 0 unspecified atom stereocenters. The summed E-state index contributed by atoms with van der Waals surface area (Å²) in [5.74, 6) is -0.818. The number of amides is 1. The van der Waals surface area contributed by atoms with E-state index in [1.54, 1.807) is 12.1 Å². The predicted octanol–water partition coefficient (Wildman–Crippen LogP) is 1.92. The van der Waals surface area contributed by atoms with Gasteiger partial charge < -0.3 is 10.7 Å². The van der Waals surface area contributed by atoms with Gasteiger partial charge in [0, 0.05) is 6.54 Å². The van der Waals surface area contributed by atoms with E-state index in [-0.39, 0.29) is 27.0 Å². The fourth-order valence-corrected chi connectivity index (χ4v) is 5.94. The molecule has 1 aromatic heterocycles. The number of hydrogen-bond donors (Lipinski definition) is 2. The molecule has 34 heavy (non-hydrogen) atoms. The van der Waals surface area contributed by atoms with Gasteiger partial charge in [-0.15, -0.1) is 0 Å². The highest BCUT2D eigenvalue weighted by Crippen LogP contribution is 2.32. The van der Waals surface area contributed by atoms with Crippen LogP contribution < -0.4 is 21.3 Å². The molecule has 1 aliphatic heterocycles. The topological polar surface area (TPSA) is 135 Å². The average Bonchev–Trinajstić information content (AvgIpc) is 2.83. The number of para-hydroxylation sites is 1. The Morgan fingerprint density at radius 1 is 0.971 bits per heavy atom. The summed E-state index contributed by atoms with van der Waals surface area (Å²) in [5.41, 5.74) is 5.61. The minimum Gasteiger partial charge on any atom is -0.366 e. The number of nitrogens with two attached hydrogens (primary N) is 1. The zero-order valence-corrected chi connectivity index (χ0v) is 18.7. The summed E-state index contributed by atoms with van der Waals surface area (Å²) < 4.78 is 29.3. The monoisotopic (exact) mass is 476 g/mol. The Labute approximate surface area is 194 Å². The first-order chi connectivity index (χ1) is 16.3. The molecule has 0 atom stereocenters. The Bertz CT molecular complexity index is 1690. The molecule has 3 N–H and O–H groups in total. The highest BCUT2D eigenvalue weighted by Gasteiger charge is 2.29. The number of sulfonamides is 1. The van der Waals surface area contributed by atoms with Crippen LogP contribution in [0.3, 0.4) is 0 Å². The van der Waals surface area contributed by atoms with Crippen molar-refractivity contribution in [2.45, 2.75) is 17.7 Å². The average molecular weight is 477 g/mol. The normalized spacial score (nSPS) is 13.6. The van der Waals surface area contributed by atoms with Gasteiger partial charge in [0.1, 0.15) is 0 Å². The number of aromatic nitrogens is 2. The largest absolute Gasteiger partial charge is 0.366 e. The fraction of sp³-hybridized carbons (Fsp3) is 0.125. The lowest BCUT2D eigenvalue weighted by Gasteiger charge is -2.30. The Kier molecular flexibility index (Phi) is 5.09. The Balaban J connectivity index is 1.68. The SMILES string of the molecule is NC(=O)c1cccc2[nH]c(=O)n(-c3cccc(S(=O)(=O)N4CCCc5ccccc54)c3)c(=O)c12. The van der Waals surface area contributed by atoms with Crippen molar-refractivity contribution in [3.63, 3.8) is 0 Å². The van der Waals surface area contributed by atoms with Crippen LogP contribution in [0, 0.1) is 0 Å². The standard InChI is InChI=1S/C24H20N4O5S/c25-22(29)18-10-4-11-19-21(18)23(30)28(24(31)26-19)16-8-3-9-17(14-16)34(32,33)27-13-5-7-15-6-1-2-12-20(15)27/h1-4,6,8-12,14H,5,7,13H2,(H2,25,29)(H,26,31). The number of anilines is 1. The van der Waals surface area contributed by atoms with E-state index in [4.69, 9.17) is 5.73 Å². The van der Waals surface area contributed by atoms with E-state index >= 15 is 0 Å². The van der Waals surface area contributed by atoms with Crippen molar-refractivity contribution in [1.82, 2.24) is 9.55 Å². The molecule has 5 rings (SSSR count). The summed E-state index contributed by atoms with van der Waals surface area (Å²) in [4.78, 5) is 40.4. The van der Waals surface area contributed by atoms with Crippen molar-refractivity contribution in [1.29, 1.82) is 0 Å². The number of benzene rings is 3. The molecular formula is C24H20N4O5S. The lowest BCUT2D eigenvalue weighted by atomic mass is 10.0. The number of nitrogens with zero attached hydrogens (tertiary/aromatic N) is 2. The fourth-order valence-electron chi connectivity index (χ4n) is 4.36. The molecule has 0 saturated carbocycles. The Morgan fingerprint density at radius 3 is 2.53 bits per heavy atom. The van der Waals surface area contributed by atoms with Crippen LogP contribution in [0.5, 0.6) is 0 Å². The minimum atomic E-state index is -3.96. The number of rotatable bonds is 4. The van der Waals surface area contributed by atoms with Gasteiger partial charge in [0.2, 0.25) is 5.91 Å². The lowest BCUT2D eigenvalue weighted by molar-refractivity contribution is 0.100. The number of primary amides is 1. The van der Waals surface area contributed by atoms with Gasteiger partial charge in [-0.2, -0.15) is 0 Å². The molecule has 2 heterocycles. The molecule has 9 nitrogen and oxygen atoms in total. The molecule has 172 valence electrons. The molecule has 0 saturated heterocycles. The summed E-state index contributed by atoms with van der Waals surface area (Å²) in [7, 11) is -3.96. The molecule has 0 fully saturated rings. The lowest BCUT2D eigenvalue weighted by Crippen LogP contribution is -2.36. The molecule has 1 amide bonds. The van der Waals surface area contributed by atoms with Crippen LogP contribution in [0.25, 0.3) is 16.6 Å². The van der Waals surface area contributed by atoms with Crippen molar-refractivity contribution < 1.29 is 13.2 Å². The third-order valence-electron chi connectivity index (χ3n) is 5.92. The van der Waals surface area contributed by atoms with Crippen LogP contribution >= 0.6 is 0 Å². The van der Waals surface area contributed by atoms with E-state index in [0.29, 0.717) is 18.7 Å². The van der Waals surface area contributed by atoms with E-state index in [0.717, 1.165) is 16.6 Å². The van der Waals surface area contributed by atoms with Gasteiger partial charge in [-0.3, -0.25) is 13.9 Å². The van der Waals surface area contributed by atoms with Gasteiger partial charge in [-0.05, 0) is 54.8 Å². The number of carbonyl (C=O) groups is 1. The summed E-state index contributed by atoms with van der Waals surface area (Å²) >= 11 is 0. The molecule has 0 radical (unpaired) electrons. The van der Waals surface area contributed by atoms with E-state index in [1.165, 1.54) is 46.8 Å². The molecule has 3 aromatic carbocycles. The molecule has 10 heteroatoms. The molecule has 0 spiro atoms. The highest BCUT2D eigenvalue weighted by atomic mass is 32.2. The van der Waals surface area contributed by atoms with Crippen molar-refractivity contribution in [2.24, 2.45) is 5.73 Å². The number of carbonyl (C=O) groups excluding carboxylic acids is 1. The molecule has 0 bridgehead atoms. The molecule has 1 aliphatic rings. The summed E-state index contributed by atoms with van der Waals surface area (Å²) in [6.45, 7) is 0.321. The number of H-pyrrole nitrogens is 1. The van der Waals surface area contributed by atoms with E-state index in [9.17, 15) is 22.8 Å². The quantitative estimate of drug-likeness (QED) is 0.464. The number of aromatic amines is 1. The second-order valence-corrected chi connectivity index (χ2v) is 9.83. The minimum absolute atomic E-state index is 0.0406. The van der Waals surface area contributed by atoms with Crippen molar-refractivity contribution >= 4 is 32.5 Å². The van der Waals surface area contributed by atoms with Gasteiger partial charge in [0.15, 0.2) is 0 Å². The van der Waals surface area contributed by atoms with Crippen molar-refractivity contribution in [2.75, 3.05) is 10.8 Å². The first-order valence-corrected chi connectivity index (χ1v) is 12.0. The van der Waals surface area contributed by atoms with Gasteiger partial charge >= 0.3 is 5.69 Å². The molecule has 0 aliphatic carbocycles. The summed E-state index contributed by atoms with van der Waals surface area (Å²) in [5, 5.41) is -0.0483. The van der Waals surface area contributed by atoms with Crippen LogP contribution in [0.4, 0.5) is 5.69 Å². The third-order valence-corrected chi connectivity index (χ3v) is 7.73. The van der Waals surface area contributed by atoms with Crippen LogP contribution in [0.2, 0.25) is 0 Å². The smallest absolute Gasteiger partial charge is 0.333 e. The highest BCUT2D eigenvalue weighted by molar-refractivity contribution is 7.92. The van der Waals surface area contributed by atoms with E-state index in [1.807, 2.05) is 12.1 Å². The van der Waals surface area contributed by atoms with Crippen LogP contribution in [-0.4, -0.2) is 30.4 Å². The van der Waals surface area contributed by atoms with Crippen LogP contribution in [0.15, 0.2) is 81.2 Å². The van der Waals surface area contributed by atoms with Gasteiger partial charge in [-0.25, -0.2) is 17.8 Å². The Hall–Kier alpha value is -4.18. The number of hydrogen-bond acceptors (Lipinski definition) is 5. The van der Waals surface area contributed by atoms with E-state index < -0.39 is 27.2 Å². The summed E-state index contributed by atoms with van der Waals surface area (Å²) in [6.07, 6.45) is 1.46. The van der Waals surface area contributed by atoms with Gasteiger partial charge in [0.05, 0.1) is 32.7 Å². The second kappa shape index (κ2) is 7.99. The number of fused-ring (bicyclic) bond motifs is 2. The van der Waals surface area contributed by atoms with Gasteiger partial charge in [0.25, 0.3) is 15.6 Å². The maximum Gasteiger partial charge on any atom is 0.333 e. The second-order valence-electron chi connectivity index (χ2n) is 7.97. The van der Waals surface area contributed by atoms with Gasteiger partial charge in [-0.1, -0.05) is 30.3 Å². The zero-order chi connectivity index (χ0) is 24.0. The summed E-state index contributed by atoms with van der Waals surface area (Å²) in [6, 6.07) is 17.3. The molecule has 4 aromatic rings. The zero-order valence-electron chi connectivity index (χ0n) is 17.9. The molecular weight excluding hydrogens is 456 g/mol. The van der Waals surface area contributed by atoms with Crippen molar-refractivity contribution in [3.05, 3.63) is 98.7 Å². The Morgan fingerprint density at radius 2 is 1.74 bits per heavy atom. The van der Waals surface area contributed by atoms with Crippen molar-refractivity contribution in [3.8, 4) is 5.69 Å². The van der Waals surface area contributed by atoms with Crippen LogP contribution in [0.1, 0.15) is 22.3 Å².